The van der Waals surface area contributed by atoms with E-state index in [1.54, 1.807) is 19.1 Å². The standard InChI is InChI=1S/C16H14FN3O/c1-10-8-12(17)6-7-15(10)21-16-5-3-4-13(18-16)14-9-11(2)19-20-14/h3-9H,1-2H3,(H,19,20). The number of rotatable bonds is 3. The van der Waals surface area contributed by atoms with Crippen LogP contribution < -0.4 is 4.74 Å². The summed E-state index contributed by atoms with van der Waals surface area (Å²) < 4.78 is 18.8. The molecule has 2 aromatic heterocycles. The van der Waals surface area contributed by atoms with Crippen LogP contribution in [0, 0.1) is 19.7 Å². The van der Waals surface area contributed by atoms with Crippen LogP contribution in [0.15, 0.2) is 42.5 Å². The van der Waals surface area contributed by atoms with Crippen molar-refractivity contribution in [3.8, 4) is 23.0 Å². The molecule has 0 fully saturated rings. The maximum Gasteiger partial charge on any atom is 0.219 e. The second-order valence-corrected chi connectivity index (χ2v) is 4.81. The first kappa shape index (κ1) is 13.3. The molecule has 0 aliphatic heterocycles. The minimum atomic E-state index is -0.284. The summed E-state index contributed by atoms with van der Waals surface area (Å²) in [6.07, 6.45) is 0. The summed E-state index contributed by atoms with van der Waals surface area (Å²) in [5.74, 6) is 0.746. The molecule has 0 aliphatic rings. The van der Waals surface area contributed by atoms with Gasteiger partial charge >= 0.3 is 0 Å². The Bertz CT molecular complexity index is 783. The van der Waals surface area contributed by atoms with Crippen molar-refractivity contribution in [1.82, 2.24) is 15.2 Å². The number of ether oxygens (including phenoxy) is 1. The lowest BCUT2D eigenvalue weighted by molar-refractivity contribution is 0.458. The van der Waals surface area contributed by atoms with Gasteiger partial charge in [0.2, 0.25) is 5.88 Å². The number of aromatic amines is 1. The van der Waals surface area contributed by atoms with Crippen molar-refractivity contribution >= 4 is 0 Å². The maximum absolute atomic E-state index is 13.1. The number of nitrogens with one attached hydrogen (secondary N) is 1. The average molecular weight is 283 g/mol. The zero-order valence-corrected chi connectivity index (χ0v) is 11.7. The molecule has 3 rings (SSSR count). The molecular formula is C16H14FN3O. The molecule has 0 atom stereocenters. The van der Waals surface area contributed by atoms with E-state index in [2.05, 4.69) is 15.2 Å². The van der Waals surface area contributed by atoms with Crippen LogP contribution in [0.3, 0.4) is 0 Å². The zero-order valence-electron chi connectivity index (χ0n) is 11.7. The summed E-state index contributed by atoms with van der Waals surface area (Å²) in [6.45, 7) is 3.72. The first-order valence-electron chi connectivity index (χ1n) is 6.55. The molecule has 106 valence electrons. The number of benzene rings is 1. The number of halogens is 1. The van der Waals surface area contributed by atoms with Crippen molar-refractivity contribution in [3.63, 3.8) is 0 Å². The zero-order chi connectivity index (χ0) is 14.8. The van der Waals surface area contributed by atoms with E-state index < -0.39 is 0 Å². The number of pyridine rings is 1. The van der Waals surface area contributed by atoms with Crippen LogP contribution in [-0.4, -0.2) is 15.2 Å². The maximum atomic E-state index is 13.1. The molecule has 3 aromatic rings. The molecule has 2 heterocycles. The second-order valence-electron chi connectivity index (χ2n) is 4.81. The van der Waals surface area contributed by atoms with E-state index in [0.717, 1.165) is 22.6 Å². The molecule has 1 aromatic carbocycles. The van der Waals surface area contributed by atoms with Gasteiger partial charge in [0.05, 0.1) is 5.69 Å². The third-order valence-electron chi connectivity index (χ3n) is 3.04. The van der Waals surface area contributed by atoms with Crippen LogP contribution in [0.5, 0.6) is 11.6 Å². The highest BCUT2D eigenvalue weighted by molar-refractivity contribution is 5.55. The summed E-state index contributed by atoms with van der Waals surface area (Å²) in [4.78, 5) is 4.42. The highest BCUT2D eigenvalue weighted by atomic mass is 19.1. The molecule has 0 saturated heterocycles. The predicted molar refractivity (Wildman–Crippen MR) is 77.8 cm³/mol. The van der Waals surface area contributed by atoms with Crippen molar-refractivity contribution < 1.29 is 9.13 Å². The smallest absolute Gasteiger partial charge is 0.219 e. The van der Waals surface area contributed by atoms with Crippen molar-refractivity contribution in [1.29, 1.82) is 0 Å². The second kappa shape index (κ2) is 5.36. The van der Waals surface area contributed by atoms with Crippen molar-refractivity contribution in [2.45, 2.75) is 13.8 Å². The summed E-state index contributed by atoms with van der Waals surface area (Å²) >= 11 is 0. The van der Waals surface area contributed by atoms with Crippen LogP contribution in [0.1, 0.15) is 11.3 Å². The van der Waals surface area contributed by atoms with Gasteiger partial charge in [-0.05, 0) is 49.7 Å². The van der Waals surface area contributed by atoms with Gasteiger partial charge in [-0.25, -0.2) is 9.37 Å². The average Bonchev–Trinajstić information content (AvgIpc) is 2.89. The lowest BCUT2D eigenvalue weighted by atomic mass is 10.2. The van der Waals surface area contributed by atoms with Gasteiger partial charge in [-0.3, -0.25) is 5.10 Å². The Hall–Kier alpha value is -2.69. The van der Waals surface area contributed by atoms with Crippen molar-refractivity contribution in [2.24, 2.45) is 0 Å². The van der Waals surface area contributed by atoms with Gasteiger partial charge in [0.15, 0.2) is 0 Å². The Labute approximate surface area is 121 Å². The fourth-order valence-electron chi connectivity index (χ4n) is 2.00. The van der Waals surface area contributed by atoms with Gasteiger partial charge in [0, 0.05) is 11.8 Å². The van der Waals surface area contributed by atoms with Crippen LogP contribution in [0.2, 0.25) is 0 Å². The highest BCUT2D eigenvalue weighted by Crippen LogP contribution is 2.26. The minimum Gasteiger partial charge on any atom is -0.439 e. The molecule has 5 heteroatoms. The van der Waals surface area contributed by atoms with Crippen LogP contribution in [-0.2, 0) is 0 Å². The number of hydrogen-bond acceptors (Lipinski definition) is 3. The highest BCUT2D eigenvalue weighted by Gasteiger charge is 2.07. The van der Waals surface area contributed by atoms with Crippen molar-refractivity contribution in [2.75, 3.05) is 0 Å². The lowest BCUT2D eigenvalue weighted by Gasteiger charge is -2.08. The molecule has 0 amide bonds. The SMILES string of the molecule is Cc1cc(-c2cccc(Oc3ccc(F)cc3C)n2)n[nH]1. The Morgan fingerprint density at radius 3 is 2.62 bits per heavy atom. The third kappa shape index (κ3) is 2.91. The molecule has 0 saturated carbocycles. The number of H-pyrrole nitrogens is 1. The first-order chi connectivity index (χ1) is 10.1. The van der Waals surface area contributed by atoms with E-state index in [9.17, 15) is 4.39 Å². The van der Waals surface area contributed by atoms with Crippen LogP contribution in [0.4, 0.5) is 4.39 Å². The van der Waals surface area contributed by atoms with E-state index in [4.69, 9.17) is 4.74 Å². The topological polar surface area (TPSA) is 50.8 Å². The molecule has 0 unspecified atom stereocenters. The van der Waals surface area contributed by atoms with E-state index in [-0.39, 0.29) is 5.82 Å². The predicted octanol–water partition coefficient (Wildman–Crippen LogP) is 4.02. The largest absolute Gasteiger partial charge is 0.439 e. The fraction of sp³-hybridized carbons (Fsp3) is 0.125. The first-order valence-corrected chi connectivity index (χ1v) is 6.55. The van der Waals surface area contributed by atoms with Gasteiger partial charge in [0.1, 0.15) is 17.3 Å². The molecule has 0 spiro atoms. The van der Waals surface area contributed by atoms with Crippen LogP contribution >= 0.6 is 0 Å². The van der Waals surface area contributed by atoms with Gasteiger partial charge in [-0.15, -0.1) is 0 Å². The van der Waals surface area contributed by atoms with Gasteiger partial charge < -0.3 is 4.74 Å². The number of aryl methyl sites for hydroxylation is 2. The third-order valence-corrected chi connectivity index (χ3v) is 3.04. The molecule has 0 aliphatic carbocycles. The molecule has 21 heavy (non-hydrogen) atoms. The van der Waals surface area contributed by atoms with E-state index in [1.165, 1.54) is 12.1 Å². The Kier molecular flexibility index (Phi) is 3.39. The molecular weight excluding hydrogens is 269 g/mol. The Morgan fingerprint density at radius 2 is 1.90 bits per heavy atom. The molecule has 0 bridgehead atoms. The molecule has 1 N–H and O–H groups in total. The van der Waals surface area contributed by atoms with E-state index >= 15 is 0 Å². The van der Waals surface area contributed by atoms with Crippen molar-refractivity contribution in [3.05, 3.63) is 59.5 Å². The van der Waals surface area contributed by atoms with Gasteiger partial charge in [0.25, 0.3) is 0 Å². The van der Waals surface area contributed by atoms with Gasteiger partial charge in [-0.1, -0.05) is 6.07 Å². The normalized spacial score (nSPS) is 10.6. The summed E-state index contributed by atoms with van der Waals surface area (Å²) in [5.41, 5.74) is 3.16. The number of hydrogen-bond donors (Lipinski definition) is 1. The summed E-state index contributed by atoms with van der Waals surface area (Å²) in [5, 5.41) is 7.05. The lowest BCUT2D eigenvalue weighted by Crippen LogP contribution is -1.92. The summed E-state index contributed by atoms with van der Waals surface area (Å²) in [7, 11) is 0. The summed E-state index contributed by atoms with van der Waals surface area (Å²) in [6, 6.07) is 11.8. The minimum absolute atomic E-state index is 0.284. The Morgan fingerprint density at radius 1 is 1.05 bits per heavy atom. The fourth-order valence-corrected chi connectivity index (χ4v) is 2.00. The monoisotopic (exact) mass is 283 g/mol. The number of nitrogens with zero attached hydrogens (tertiary/aromatic N) is 2. The number of aromatic nitrogens is 3. The van der Waals surface area contributed by atoms with Crippen LogP contribution in [0.25, 0.3) is 11.4 Å². The van der Waals surface area contributed by atoms with Gasteiger partial charge in [-0.2, -0.15) is 5.10 Å². The van der Waals surface area contributed by atoms with E-state index in [1.807, 2.05) is 25.1 Å². The Balaban J connectivity index is 1.89. The van der Waals surface area contributed by atoms with E-state index in [0.29, 0.717) is 11.6 Å². The molecule has 4 nitrogen and oxygen atoms in total. The molecule has 0 radical (unpaired) electrons. The quantitative estimate of drug-likeness (QED) is 0.789.